The number of hydrogen-bond acceptors (Lipinski definition) is 8. The first-order valence-electron chi connectivity index (χ1n) is 17.9. The van der Waals surface area contributed by atoms with E-state index in [0.717, 1.165) is 55.1 Å². The summed E-state index contributed by atoms with van der Waals surface area (Å²) < 4.78 is 45.4. The number of benzene rings is 2. The smallest absolute Gasteiger partial charge is 0.381 e. The van der Waals surface area contributed by atoms with Gasteiger partial charge in [-0.25, -0.2) is 4.98 Å². The van der Waals surface area contributed by atoms with Crippen molar-refractivity contribution in [3.05, 3.63) is 76.2 Å². The number of alkyl halides is 3. The molecule has 274 valence electrons. The Morgan fingerprint density at radius 2 is 1.63 bits per heavy atom. The summed E-state index contributed by atoms with van der Waals surface area (Å²) in [5.41, 5.74) is -0.103. The van der Waals surface area contributed by atoms with E-state index in [1.165, 1.54) is 25.3 Å². The Balaban J connectivity index is 1.24. The van der Waals surface area contributed by atoms with Crippen LogP contribution in [0.3, 0.4) is 0 Å². The molecule has 0 bridgehead atoms. The van der Waals surface area contributed by atoms with Crippen molar-refractivity contribution in [2.24, 2.45) is 0 Å². The molecule has 0 radical (unpaired) electrons. The van der Waals surface area contributed by atoms with Crippen LogP contribution in [0.2, 0.25) is 0 Å². The van der Waals surface area contributed by atoms with Crippen molar-refractivity contribution in [2.45, 2.75) is 70.3 Å². The lowest BCUT2D eigenvalue weighted by molar-refractivity contribution is -0.137. The van der Waals surface area contributed by atoms with Crippen LogP contribution >= 0.6 is 0 Å². The monoisotopic (exact) mass is 716 g/mol. The molecule has 4 aromatic rings. The average Bonchev–Trinajstić information content (AvgIpc) is 3.84. The second kappa shape index (κ2) is 14.6. The molecule has 11 nitrogen and oxygen atoms in total. The van der Waals surface area contributed by atoms with Crippen molar-refractivity contribution in [2.75, 3.05) is 50.4 Å². The number of halogens is 3. The van der Waals surface area contributed by atoms with E-state index >= 15 is 0 Å². The molecule has 3 aliphatic rings. The second-order valence-corrected chi connectivity index (χ2v) is 14.1. The van der Waals surface area contributed by atoms with E-state index in [4.69, 9.17) is 0 Å². The van der Waals surface area contributed by atoms with Gasteiger partial charge >= 0.3 is 6.18 Å². The molecule has 2 amide bonds. The van der Waals surface area contributed by atoms with Crippen LogP contribution in [0.1, 0.15) is 62.6 Å². The molecule has 0 spiro atoms. The number of carbonyl (C=O) groups is 2. The van der Waals surface area contributed by atoms with Crippen LogP contribution in [0.5, 0.6) is 0 Å². The zero-order valence-electron chi connectivity index (χ0n) is 29.4. The summed E-state index contributed by atoms with van der Waals surface area (Å²) in [6, 6.07) is 12.8. The first kappa shape index (κ1) is 35.4. The number of anilines is 3. The Labute approximate surface area is 299 Å². The molecule has 0 saturated carbocycles. The van der Waals surface area contributed by atoms with Crippen molar-refractivity contribution in [3.63, 3.8) is 0 Å². The third-order valence-electron chi connectivity index (χ3n) is 10.4. The average molecular weight is 717 g/mol. The van der Waals surface area contributed by atoms with E-state index in [9.17, 15) is 27.6 Å². The van der Waals surface area contributed by atoms with E-state index in [-0.39, 0.29) is 41.1 Å². The van der Waals surface area contributed by atoms with E-state index in [2.05, 4.69) is 32.5 Å². The Hall–Kier alpha value is -4.98. The maximum Gasteiger partial charge on any atom is 0.417 e. The van der Waals surface area contributed by atoms with Gasteiger partial charge in [0.15, 0.2) is 0 Å². The van der Waals surface area contributed by atoms with E-state index in [1.54, 1.807) is 15.9 Å². The normalized spacial score (nSPS) is 19.7. The largest absolute Gasteiger partial charge is 0.417 e. The number of rotatable bonds is 8. The fraction of sp³-hybridized carbons (Fsp3) is 0.447. The molecule has 2 unspecified atom stereocenters. The lowest BCUT2D eigenvalue weighted by Gasteiger charge is -2.30. The zero-order valence-corrected chi connectivity index (χ0v) is 29.4. The molecule has 2 atom stereocenters. The Morgan fingerprint density at radius 3 is 2.35 bits per heavy atom. The predicted octanol–water partition coefficient (Wildman–Crippen LogP) is 6.03. The van der Waals surface area contributed by atoms with Gasteiger partial charge in [0.25, 0.3) is 5.56 Å². The van der Waals surface area contributed by atoms with Gasteiger partial charge in [-0.15, -0.1) is 0 Å². The highest BCUT2D eigenvalue weighted by Crippen LogP contribution is 2.41. The number of aromatic nitrogens is 3. The lowest BCUT2D eigenvalue weighted by Crippen LogP contribution is -2.39. The molecule has 2 aromatic heterocycles. The fourth-order valence-corrected chi connectivity index (χ4v) is 7.79. The van der Waals surface area contributed by atoms with Crippen LogP contribution in [-0.2, 0) is 22.3 Å². The van der Waals surface area contributed by atoms with Gasteiger partial charge in [0.1, 0.15) is 12.2 Å². The van der Waals surface area contributed by atoms with Gasteiger partial charge in [-0.1, -0.05) is 12.1 Å². The molecule has 7 rings (SSSR count). The molecule has 52 heavy (non-hydrogen) atoms. The van der Waals surface area contributed by atoms with Gasteiger partial charge < -0.3 is 25.3 Å². The third-order valence-corrected chi connectivity index (χ3v) is 10.4. The molecule has 3 fully saturated rings. The fourth-order valence-electron chi connectivity index (χ4n) is 7.79. The van der Waals surface area contributed by atoms with Crippen molar-refractivity contribution in [3.8, 4) is 11.1 Å². The van der Waals surface area contributed by atoms with Crippen LogP contribution in [0.25, 0.3) is 22.2 Å². The van der Waals surface area contributed by atoms with E-state index in [0.29, 0.717) is 55.2 Å². The molecular weight excluding hydrogens is 673 g/mol. The minimum Gasteiger partial charge on any atom is -0.381 e. The Morgan fingerprint density at radius 1 is 0.904 bits per heavy atom. The van der Waals surface area contributed by atoms with Crippen LogP contribution < -0.4 is 16.2 Å². The summed E-state index contributed by atoms with van der Waals surface area (Å²) in [6.45, 7) is 4.66. The molecule has 2 N–H and O–H groups in total. The van der Waals surface area contributed by atoms with Gasteiger partial charge in [-0.05, 0) is 99.6 Å². The van der Waals surface area contributed by atoms with Gasteiger partial charge in [0.2, 0.25) is 17.8 Å². The third kappa shape index (κ3) is 7.48. The molecule has 0 aliphatic carbocycles. The second-order valence-electron chi connectivity index (χ2n) is 14.1. The molecule has 14 heteroatoms. The number of carbonyl (C=O) groups excluding carboxylic acids is 2. The number of hydrogen-bond donors (Lipinski definition) is 2. The number of nitrogens with one attached hydrogen (secondary N) is 2. The topological polar surface area (TPSA) is 116 Å². The number of amides is 2. The van der Waals surface area contributed by atoms with E-state index in [1.807, 2.05) is 24.3 Å². The first-order valence-corrected chi connectivity index (χ1v) is 17.9. The van der Waals surface area contributed by atoms with Crippen LogP contribution in [0, 0.1) is 0 Å². The maximum absolute atomic E-state index is 14.7. The van der Waals surface area contributed by atoms with Crippen LogP contribution in [0.4, 0.5) is 30.5 Å². The molecule has 3 aliphatic heterocycles. The maximum atomic E-state index is 14.7. The number of nitrogens with zero attached hydrogens (tertiary/aromatic N) is 6. The predicted molar refractivity (Wildman–Crippen MR) is 193 cm³/mol. The van der Waals surface area contributed by atoms with Gasteiger partial charge in [0.05, 0.1) is 11.6 Å². The molecule has 2 aromatic carbocycles. The molecule has 5 heterocycles. The number of likely N-dealkylation sites (N-methyl/N-ethyl adjacent to an activating group) is 1. The van der Waals surface area contributed by atoms with Crippen molar-refractivity contribution < 1.29 is 22.8 Å². The highest BCUT2D eigenvalue weighted by atomic mass is 19.4. The van der Waals surface area contributed by atoms with Crippen molar-refractivity contribution in [1.82, 2.24) is 29.2 Å². The molecular formula is C38H43F3N8O3. The van der Waals surface area contributed by atoms with E-state index < -0.39 is 23.3 Å². The summed E-state index contributed by atoms with van der Waals surface area (Å²) in [5.74, 6) is -0.343. The molecule has 3 saturated heterocycles. The van der Waals surface area contributed by atoms with Gasteiger partial charge in [-0.3, -0.25) is 19.0 Å². The van der Waals surface area contributed by atoms with Crippen LogP contribution in [-0.4, -0.2) is 86.9 Å². The quantitative estimate of drug-likeness (QED) is 0.227. The highest BCUT2D eigenvalue weighted by molar-refractivity contribution is 5.85. The Kier molecular flexibility index (Phi) is 9.92. The SMILES string of the molecule is CC(=O)N1CCCC1c1ccc(-c2cc3cnc(Nc4ccc(NC5CCCN(C)C5)cc4)nc3n(CC(=O)N3CCCC3)c2=O)c(C(F)(F)F)c1. The number of fused-ring (bicyclic) bond motifs is 1. The summed E-state index contributed by atoms with van der Waals surface area (Å²) in [6.07, 6.45) is 1.80. The zero-order chi connectivity index (χ0) is 36.6. The lowest BCUT2D eigenvalue weighted by atomic mass is 9.94. The Bertz CT molecular complexity index is 2030. The number of pyridine rings is 1. The summed E-state index contributed by atoms with van der Waals surface area (Å²) >= 11 is 0. The standard InChI is InChI=1S/C38H43F3N8O3/c1-24(50)48-18-6-8-33(48)25-9-14-30(32(20-25)38(39,40)41)31-19-26-21-42-37(45-35(26)49(36(31)52)23-34(51)47-16-3-4-17-47)44-28-12-10-27(11-13-28)43-29-7-5-15-46(2)22-29/h9-14,19-21,29,33,43H,3-8,15-18,22-23H2,1-2H3,(H,42,44,45). The van der Waals surface area contributed by atoms with Crippen molar-refractivity contribution >= 4 is 40.2 Å². The van der Waals surface area contributed by atoms with Crippen molar-refractivity contribution in [1.29, 1.82) is 0 Å². The minimum absolute atomic E-state index is 0.131. The van der Waals surface area contributed by atoms with Gasteiger partial charge in [0, 0.05) is 67.7 Å². The summed E-state index contributed by atoms with van der Waals surface area (Å²) in [7, 11) is 2.12. The first-order chi connectivity index (χ1) is 24.9. The highest BCUT2D eigenvalue weighted by Gasteiger charge is 2.37. The number of likely N-dealkylation sites (tertiary alicyclic amines) is 3. The summed E-state index contributed by atoms with van der Waals surface area (Å²) in [5, 5.41) is 7.05. The van der Waals surface area contributed by atoms with Crippen LogP contribution in [0.15, 0.2) is 59.5 Å². The van der Waals surface area contributed by atoms with Gasteiger partial charge in [-0.2, -0.15) is 18.2 Å². The summed E-state index contributed by atoms with van der Waals surface area (Å²) in [4.78, 5) is 54.5. The minimum atomic E-state index is -4.80. The number of piperidine rings is 1.